The Balaban J connectivity index is 2.59. The van der Waals surface area contributed by atoms with E-state index in [1.54, 1.807) is 6.20 Å². The molecule has 2 rings (SSSR count). The zero-order chi connectivity index (χ0) is 13.1. The molecule has 0 aliphatic carbocycles. The van der Waals surface area contributed by atoms with Crippen LogP contribution in [0.15, 0.2) is 36.5 Å². The molecule has 0 saturated carbocycles. The Kier molecular flexibility index (Phi) is 3.85. The van der Waals surface area contributed by atoms with E-state index in [9.17, 15) is 5.21 Å². The van der Waals surface area contributed by atoms with Crippen LogP contribution in [0.3, 0.4) is 0 Å². The van der Waals surface area contributed by atoms with Gasteiger partial charge >= 0.3 is 0 Å². The number of hydrogen-bond acceptors (Lipinski definition) is 1. The van der Waals surface area contributed by atoms with Gasteiger partial charge in [0.05, 0.1) is 5.39 Å². The van der Waals surface area contributed by atoms with Crippen LogP contribution in [0.25, 0.3) is 10.9 Å². The van der Waals surface area contributed by atoms with E-state index in [1.807, 2.05) is 24.3 Å². The summed E-state index contributed by atoms with van der Waals surface area (Å²) < 4.78 is 0.960. The normalized spacial score (nSPS) is 13.1. The maximum atomic E-state index is 11.8. The fourth-order valence-corrected chi connectivity index (χ4v) is 2.71. The third kappa shape index (κ3) is 2.33. The van der Waals surface area contributed by atoms with Gasteiger partial charge in [0.1, 0.15) is 0 Å². The number of nitrogens with zero attached hydrogens (tertiary/aromatic N) is 1. The van der Waals surface area contributed by atoms with Crippen molar-refractivity contribution in [3.63, 3.8) is 0 Å². The van der Waals surface area contributed by atoms with Crippen LogP contribution < -0.4 is 4.73 Å². The minimum atomic E-state index is 0.529. The highest BCUT2D eigenvalue weighted by atomic mass is 16.5. The largest absolute Gasteiger partial charge is 0.618 e. The molecule has 0 aliphatic rings. The molecule has 0 bridgehead atoms. The average Bonchev–Trinajstić information content (AvgIpc) is 2.37. The molecule has 2 nitrogen and oxygen atoms in total. The van der Waals surface area contributed by atoms with Crippen LogP contribution >= 0.6 is 0 Å². The van der Waals surface area contributed by atoms with Crippen molar-refractivity contribution in [2.75, 3.05) is 0 Å². The molecule has 0 radical (unpaired) electrons. The van der Waals surface area contributed by atoms with E-state index in [-0.39, 0.29) is 0 Å². The molecular weight excluding hydrogens is 222 g/mol. The topological polar surface area (TPSA) is 26.9 Å². The van der Waals surface area contributed by atoms with Gasteiger partial charge in [0.2, 0.25) is 5.52 Å². The summed E-state index contributed by atoms with van der Waals surface area (Å²) in [6.07, 6.45) is 3.98. The maximum absolute atomic E-state index is 11.8. The highest BCUT2D eigenvalue weighted by Gasteiger charge is 2.19. The van der Waals surface area contributed by atoms with Gasteiger partial charge in [-0.3, -0.25) is 0 Å². The molecule has 1 atom stereocenters. The van der Waals surface area contributed by atoms with Gasteiger partial charge in [-0.05, 0) is 29.9 Å². The molecule has 0 spiro atoms. The quantitative estimate of drug-likeness (QED) is 0.588. The minimum absolute atomic E-state index is 0.529. The smallest absolute Gasteiger partial charge is 0.224 e. The Bertz CT molecular complexity index is 534. The van der Waals surface area contributed by atoms with Crippen LogP contribution in [0.4, 0.5) is 0 Å². The molecule has 1 unspecified atom stereocenters. The zero-order valence-electron chi connectivity index (χ0n) is 11.4. The van der Waals surface area contributed by atoms with Crippen molar-refractivity contribution in [2.45, 2.75) is 39.5 Å². The lowest BCUT2D eigenvalue weighted by Crippen LogP contribution is -2.27. The maximum Gasteiger partial charge on any atom is 0.224 e. The fourth-order valence-electron chi connectivity index (χ4n) is 2.71. The van der Waals surface area contributed by atoms with Crippen LogP contribution in [-0.4, -0.2) is 0 Å². The van der Waals surface area contributed by atoms with Crippen LogP contribution in [-0.2, 0) is 0 Å². The molecule has 1 aromatic heterocycles. The predicted octanol–water partition coefficient (Wildman–Crippen LogP) is 4.01. The van der Waals surface area contributed by atoms with E-state index >= 15 is 0 Å². The average molecular weight is 243 g/mol. The van der Waals surface area contributed by atoms with Gasteiger partial charge in [-0.2, -0.15) is 4.73 Å². The lowest BCUT2D eigenvalue weighted by Gasteiger charge is -2.21. The Morgan fingerprint density at radius 1 is 1.17 bits per heavy atom. The molecule has 18 heavy (non-hydrogen) atoms. The van der Waals surface area contributed by atoms with Crippen molar-refractivity contribution < 1.29 is 4.73 Å². The molecule has 2 heteroatoms. The van der Waals surface area contributed by atoms with E-state index in [1.165, 1.54) is 18.4 Å². The third-order valence-electron chi connectivity index (χ3n) is 3.65. The first-order valence-corrected chi connectivity index (χ1v) is 6.76. The number of hydrogen-bond donors (Lipinski definition) is 0. The third-order valence-corrected chi connectivity index (χ3v) is 3.65. The molecule has 0 fully saturated rings. The molecular formula is C16H21NO. The highest BCUT2D eigenvalue weighted by molar-refractivity contribution is 5.80. The van der Waals surface area contributed by atoms with E-state index in [2.05, 4.69) is 26.8 Å². The molecule has 0 N–H and O–H groups in total. The summed E-state index contributed by atoms with van der Waals surface area (Å²) in [4.78, 5) is 0. The van der Waals surface area contributed by atoms with Crippen molar-refractivity contribution in [3.05, 3.63) is 47.3 Å². The summed E-state index contributed by atoms with van der Waals surface area (Å²) >= 11 is 0. The molecule has 0 aliphatic heterocycles. The predicted molar refractivity (Wildman–Crippen MR) is 75.4 cm³/mol. The number of aromatic nitrogens is 1. The van der Waals surface area contributed by atoms with Crippen molar-refractivity contribution in [2.24, 2.45) is 5.92 Å². The van der Waals surface area contributed by atoms with Gasteiger partial charge in [0, 0.05) is 12.1 Å². The highest BCUT2D eigenvalue weighted by Crippen LogP contribution is 2.32. The molecule has 1 aromatic carbocycles. The summed E-state index contributed by atoms with van der Waals surface area (Å²) in [5, 5.41) is 12.9. The Labute approximate surface area is 109 Å². The van der Waals surface area contributed by atoms with Gasteiger partial charge < -0.3 is 5.21 Å². The number of benzene rings is 1. The Morgan fingerprint density at radius 2 is 1.89 bits per heavy atom. The minimum Gasteiger partial charge on any atom is -0.618 e. The van der Waals surface area contributed by atoms with Crippen molar-refractivity contribution in [1.82, 2.24) is 0 Å². The zero-order valence-corrected chi connectivity index (χ0v) is 11.4. The summed E-state index contributed by atoms with van der Waals surface area (Å²) in [7, 11) is 0. The number of para-hydroxylation sites is 1. The Morgan fingerprint density at radius 3 is 2.56 bits per heavy atom. The molecule has 96 valence electrons. The van der Waals surface area contributed by atoms with Crippen LogP contribution in [0.5, 0.6) is 0 Å². The fraction of sp³-hybridized carbons (Fsp3) is 0.438. The molecule has 0 amide bonds. The lowest BCUT2D eigenvalue weighted by atomic mass is 9.83. The van der Waals surface area contributed by atoms with Gasteiger partial charge in [-0.25, -0.2) is 0 Å². The summed E-state index contributed by atoms with van der Waals surface area (Å²) in [5.41, 5.74) is 2.09. The van der Waals surface area contributed by atoms with Gasteiger partial charge in [-0.15, -0.1) is 0 Å². The summed E-state index contributed by atoms with van der Waals surface area (Å²) in [6.45, 7) is 6.73. The molecule has 1 heterocycles. The van der Waals surface area contributed by atoms with Crippen molar-refractivity contribution in [3.8, 4) is 0 Å². The van der Waals surface area contributed by atoms with Gasteiger partial charge in [0.15, 0.2) is 6.20 Å². The van der Waals surface area contributed by atoms with Crippen LogP contribution in [0, 0.1) is 11.1 Å². The van der Waals surface area contributed by atoms with E-state index < -0.39 is 0 Å². The first-order valence-electron chi connectivity index (χ1n) is 6.76. The second-order valence-corrected chi connectivity index (χ2v) is 5.25. The first-order chi connectivity index (χ1) is 8.65. The monoisotopic (exact) mass is 243 g/mol. The molecule has 2 aromatic rings. The number of rotatable bonds is 4. The standard InChI is InChI=1S/C16H21NO/c1-4-7-13(12(2)3)14-10-11-17(18)16-9-6-5-8-15(14)16/h5-6,8-13H,4,7H2,1-3H3. The summed E-state index contributed by atoms with van der Waals surface area (Å²) in [5.74, 6) is 1.12. The van der Waals surface area contributed by atoms with E-state index in [4.69, 9.17) is 0 Å². The van der Waals surface area contributed by atoms with E-state index in [0.29, 0.717) is 11.8 Å². The second-order valence-electron chi connectivity index (χ2n) is 5.25. The number of fused-ring (bicyclic) bond motifs is 1. The van der Waals surface area contributed by atoms with Crippen LogP contribution in [0.2, 0.25) is 0 Å². The molecule has 0 saturated heterocycles. The van der Waals surface area contributed by atoms with E-state index in [0.717, 1.165) is 15.6 Å². The van der Waals surface area contributed by atoms with Crippen molar-refractivity contribution >= 4 is 10.9 Å². The van der Waals surface area contributed by atoms with Gasteiger partial charge in [-0.1, -0.05) is 39.3 Å². The SMILES string of the molecule is CCCC(c1cc[n+]([O-])c2ccccc12)C(C)C. The summed E-state index contributed by atoms with van der Waals surface area (Å²) in [6, 6.07) is 9.88. The second kappa shape index (κ2) is 5.38. The van der Waals surface area contributed by atoms with Crippen molar-refractivity contribution in [1.29, 1.82) is 0 Å². The number of pyridine rings is 1. The van der Waals surface area contributed by atoms with Crippen LogP contribution in [0.1, 0.15) is 45.1 Å². The lowest BCUT2D eigenvalue weighted by molar-refractivity contribution is -0.577. The first kappa shape index (κ1) is 12.9. The Hall–Kier alpha value is -1.57. The van der Waals surface area contributed by atoms with Gasteiger partial charge in [0.25, 0.3) is 0 Å².